The molecule has 0 fully saturated rings. The minimum atomic E-state index is 0.306. The van der Waals surface area contributed by atoms with Gasteiger partial charge in [-0.3, -0.25) is 0 Å². The van der Waals surface area contributed by atoms with E-state index in [1.165, 1.54) is 29.6 Å². The molecule has 0 aromatic carbocycles. The number of thioether (sulfide) groups is 1. The fourth-order valence-electron chi connectivity index (χ4n) is 2.51. The largest absolute Gasteiger partial charge is 0.153 e. The molecule has 1 atom stereocenters. The van der Waals surface area contributed by atoms with Crippen LogP contribution < -0.4 is 0 Å². The van der Waals surface area contributed by atoms with Crippen molar-refractivity contribution in [3.8, 4) is 0 Å². The molecule has 0 saturated carbocycles. The summed E-state index contributed by atoms with van der Waals surface area (Å²) >= 11 is 2.00. The second-order valence-electron chi connectivity index (χ2n) is 4.77. The summed E-state index contributed by atoms with van der Waals surface area (Å²) in [7, 11) is 0. The minimum Gasteiger partial charge on any atom is -0.153 e. The molecule has 0 bridgehead atoms. The van der Waals surface area contributed by atoms with Crippen LogP contribution >= 0.6 is 11.8 Å². The second-order valence-corrected chi connectivity index (χ2v) is 5.96. The Hall–Kier alpha value is -0.690. The van der Waals surface area contributed by atoms with Crippen LogP contribution in [-0.2, 0) is 0 Å². The molecular formula is C15H20S. The van der Waals surface area contributed by atoms with Gasteiger partial charge in [0.2, 0.25) is 0 Å². The molecule has 86 valence electrons. The fourth-order valence-corrected chi connectivity index (χ4v) is 3.46. The van der Waals surface area contributed by atoms with Gasteiger partial charge in [0.1, 0.15) is 0 Å². The number of hydrogen-bond donors (Lipinski definition) is 0. The van der Waals surface area contributed by atoms with Crippen molar-refractivity contribution in [3.05, 3.63) is 47.1 Å². The highest BCUT2D eigenvalue weighted by Crippen LogP contribution is 2.44. The third kappa shape index (κ3) is 2.20. The maximum Gasteiger partial charge on any atom is 0.0440 e. The van der Waals surface area contributed by atoms with Gasteiger partial charge in [-0.15, -0.1) is 0 Å². The Morgan fingerprint density at radius 2 is 2.12 bits per heavy atom. The van der Waals surface area contributed by atoms with Crippen LogP contribution in [0.15, 0.2) is 47.1 Å². The summed E-state index contributed by atoms with van der Waals surface area (Å²) in [6.07, 6.45) is 17.3. The summed E-state index contributed by atoms with van der Waals surface area (Å²) in [6, 6.07) is 0. The van der Waals surface area contributed by atoms with Crippen molar-refractivity contribution in [2.24, 2.45) is 0 Å². The third-order valence-electron chi connectivity index (χ3n) is 3.65. The van der Waals surface area contributed by atoms with Gasteiger partial charge >= 0.3 is 0 Å². The van der Waals surface area contributed by atoms with Gasteiger partial charge in [-0.1, -0.05) is 47.1 Å². The first-order chi connectivity index (χ1) is 7.66. The minimum absolute atomic E-state index is 0.306. The molecule has 0 nitrogen and oxygen atoms in total. The summed E-state index contributed by atoms with van der Waals surface area (Å²) in [6.45, 7) is 4.48. The highest BCUT2D eigenvalue weighted by molar-refractivity contribution is 8.00. The standard InChI is InChI=1S/C15H20S/c1-12-8-9-15(16-3,13(2)10-12)11-14-6-4-5-7-14/h4,6-8,10H,5,9,11H2,1-3H3. The Balaban J connectivity index is 2.20. The Bertz CT molecular complexity index is 396. The lowest BCUT2D eigenvalue weighted by Crippen LogP contribution is -2.27. The molecule has 2 rings (SSSR count). The van der Waals surface area contributed by atoms with E-state index in [-0.39, 0.29) is 0 Å². The predicted octanol–water partition coefficient (Wildman–Crippen LogP) is 4.66. The molecule has 0 amide bonds. The van der Waals surface area contributed by atoms with E-state index in [1.807, 2.05) is 11.8 Å². The van der Waals surface area contributed by atoms with E-state index in [0.29, 0.717) is 4.75 Å². The van der Waals surface area contributed by atoms with Crippen LogP contribution in [0.4, 0.5) is 0 Å². The summed E-state index contributed by atoms with van der Waals surface area (Å²) < 4.78 is 0.306. The molecule has 0 heterocycles. The lowest BCUT2D eigenvalue weighted by Gasteiger charge is -2.35. The Labute approximate surface area is 103 Å². The van der Waals surface area contributed by atoms with Crippen LogP contribution in [0.2, 0.25) is 0 Å². The van der Waals surface area contributed by atoms with Gasteiger partial charge in [0.05, 0.1) is 0 Å². The van der Waals surface area contributed by atoms with E-state index >= 15 is 0 Å². The highest BCUT2D eigenvalue weighted by atomic mass is 32.2. The van der Waals surface area contributed by atoms with Crippen molar-refractivity contribution in [3.63, 3.8) is 0 Å². The molecule has 2 aliphatic carbocycles. The molecule has 0 saturated heterocycles. The van der Waals surface area contributed by atoms with E-state index in [0.717, 1.165) is 6.42 Å². The van der Waals surface area contributed by atoms with Crippen molar-refractivity contribution in [2.75, 3.05) is 6.26 Å². The molecule has 1 heteroatoms. The summed E-state index contributed by atoms with van der Waals surface area (Å²) in [4.78, 5) is 0. The topological polar surface area (TPSA) is 0 Å². The first-order valence-electron chi connectivity index (χ1n) is 5.92. The first-order valence-corrected chi connectivity index (χ1v) is 7.15. The molecule has 0 radical (unpaired) electrons. The lowest BCUT2D eigenvalue weighted by atomic mass is 9.84. The molecule has 0 aromatic rings. The monoisotopic (exact) mass is 232 g/mol. The smallest absolute Gasteiger partial charge is 0.0440 e. The zero-order valence-corrected chi connectivity index (χ0v) is 11.2. The van der Waals surface area contributed by atoms with Gasteiger partial charge in [0, 0.05) is 4.75 Å². The van der Waals surface area contributed by atoms with Gasteiger partial charge in [-0.25, -0.2) is 0 Å². The van der Waals surface area contributed by atoms with Crippen LogP contribution in [0, 0.1) is 0 Å². The van der Waals surface area contributed by atoms with Gasteiger partial charge in [0.25, 0.3) is 0 Å². The fraction of sp³-hybridized carbons (Fsp3) is 0.467. The van der Waals surface area contributed by atoms with Crippen LogP contribution in [0.1, 0.15) is 33.1 Å². The quantitative estimate of drug-likeness (QED) is 0.682. The number of rotatable bonds is 3. The molecule has 2 aliphatic rings. The maximum atomic E-state index is 2.38. The zero-order chi connectivity index (χ0) is 11.6. The van der Waals surface area contributed by atoms with Crippen LogP contribution in [0.3, 0.4) is 0 Å². The molecule has 16 heavy (non-hydrogen) atoms. The van der Waals surface area contributed by atoms with Crippen molar-refractivity contribution < 1.29 is 0 Å². The normalized spacial score (nSPS) is 28.8. The average molecular weight is 232 g/mol. The SMILES string of the molecule is CSC1(CC2=CCC=C2)CC=C(C)C=C1C. The summed E-state index contributed by atoms with van der Waals surface area (Å²) in [5.74, 6) is 0. The van der Waals surface area contributed by atoms with Crippen molar-refractivity contribution >= 4 is 11.8 Å². The summed E-state index contributed by atoms with van der Waals surface area (Å²) in [5, 5.41) is 0. The Kier molecular flexibility index (Phi) is 3.44. The lowest BCUT2D eigenvalue weighted by molar-refractivity contribution is 0.669. The van der Waals surface area contributed by atoms with Gasteiger partial charge in [-0.2, -0.15) is 11.8 Å². The molecule has 0 aromatic heterocycles. The van der Waals surface area contributed by atoms with Crippen molar-refractivity contribution in [2.45, 2.75) is 37.9 Å². The third-order valence-corrected chi connectivity index (χ3v) is 5.06. The van der Waals surface area contributed by atoms with E-state index < -0.39 is 0 Å². The van der Waals surface area contributed by atoms with Gasteiger partial charge in [0.15, 0.2) is 0 Å². The van der Waals surface area contributed by atoms with E-state index in [1.54, 1.807) is 0 Å². The van der Waals surface area contributed by atoms with E-state index in [9.17, 15) is 0 Å². The molecule has 1 unspecified atom stereocenters. The number of hydrogen-bond acceptors (Lipinski definition) is 1. The van der Waals surface area contributed by atoms with E-state index in [2.05, 4.69) is 50.5 Å². The average Bonchev–Trinajstić information content (AvgIpc) is 2.75. The molecule has 0 N–H and O–H groups in total. The van der Waals surface area contributed by atoms with Crippen LogP contribution in [0.5, 0.6) is 0 Å². The Morgan fingerprint density at radius 3 is 2.69 bits per heavy atom. The second kappa shape index (κ2) is 4.67. The summed E-state index contributed by atoms with van der Waals surface area (Å²) in [5.41, 5.74) is 4.45. The van der Waals surface area contributed by atoms with E-state index in [4.69, 9.17) is 0 Å². The predicted molar refractivity (Wildman–Crippen MR) is 74.8 cm³/mol. The molecule has 0 aliphatic heterocycles. The highest BCUT2D eigenvalue weighted by Gasteiger charge is 2.32. The van der Waals surface area contributed by atoms with Gasteiger partial charge in [-0.05, 0) is 39.4 Å². The Morgan fingerprint density at radius 1 is 1.31 bits per heavy atom. The van der Waals surface area contributed by atoms with Crippen LogP contribution in [0.25, 0.3) is 0 Å². The number of allylic oxidation sites excluding steroid dienone is 7. The maximum absolute atomic E-state index is 2.38. The van der Waals surface area contributed by atoms with Crippen LogP contribution in [-0.4, -0.2) is 11.0 Å². The van der Waals surface area contributed by atoms with Crippen molar-refractivity contribution in [1.82, 2.24) is 0 Å². The molecule has 0 spiro atoms. The first kappa shape index (κ1) is 11.8. The van der Waals surface area contributed by atoms with Crippen molar-refractivity contribution in [1.29, 1.82) is 0 Å². The zero-order valence-electron chi connectivity index (χ0n) is 10.4. The molecular weight excluding hydrogens is 212 g/mol. The van der Waals surface area contributed by atoms with Gasteiger partial charge < -0.3 is 0 Å².